The van der Waals surface area contributed by atoms with Crippen LogP contribution < -0.4 is 0 Å². The second-order valence-corrected chi connectivity index (χ2v) is 7.05. The van der Waals surface area contributed by atoms with Gasteiger partial charge in [-0.25, -0.2) is 9.67 Å². The first-order valence-electron chi connectivity index (χ1n) is 8.98. The highest BCUT2D eigenvalue weighted by atomic mass is 16.3. The number of hydrogen-bond donors (Lipinski definition) is 1. The van der Waals surface area contributed by atoms with Crippen molar-refractivity contribution in [1.29, 1.82) is 0 Å². The van der Waals surface area contributed by atoms with Gasteiger partial charge in [-0.2, -0.15) is 5.10 Å². The van der Waals surface area contributed by atoms with Gasteiger partial charge in [-0.05, 0) is 36.3 Å². The van der Waals surface area contributed by atoms with Crippen molar-refractivity contribution in [3.8, 4) is 0 Å². The summed E-state index contributed by atoms with van der Waals surface area (Å²) >= 11 is 0. The average Bonchev–Trinajstić information content (AvgIpc) is 3.00. The topological polar surface area (TPSA) is 54.2 Å². The molecule has 1 aromatic carbocycles. The molecule has 0 spiro atoms. The number of aliphatic hydroxyl groups is 1. The maximum Gasteiger partial charge on any atom is 0.141 e. The average molecular weight is 328 g/mol. The van der Waals surface area contributed by atoms with E-state index in [9.17, 15) is 5.11 Å². The van der Waals surface area contributed by atoms with Crippen LogP contribution in [0.5, 0.6) is 0 Å². The van der Waals surface area contributed by atoms with Gasteiger partial charge in [0.2, 0.25) is 0 Å². The van der Waals surface area contributed by atoms with E-state index >= 15 is 0 Å². The molecule has 0 saturated carbocycles. The van der Waals surface area contributed by atoms with Crippen LogP contribution in [0.4, 0.5) is 0 Å². The molecule has 0 fully saturated rings. The Kier molecular flexibility index (Phi) is 5.63. The molecule has 1 unspecified atom stereocenters. The van der Waals surface area contributed by atoms with Gasteiger partial charge < -0.3 is 5.11 Å². The first-order chi connectivity index (χ1) is 11.7. The van der Waals surface area contributed by atoms with E-state index in [2.05, 4.69) is 53.1 Å². The number of aromatic nitrogens is 3. The molecule has 24 heavy (non-hydrogen) atoms. The second-order valence-electron chi connectivity index (χ2n) is 7.05. The van der Waals surface area contributed by atoms with E-state index in [-0.39, 0.29) is 6.61 Å². The molecule has 0 saturated heterocycles. The Morgan fingerprint density at radius 3 is 2.96 bits per heavy atom. The molecule has 0 aliphatic heterocycles. The summed E-state index contributed by atoms with van der Waals surface area (Å²) in [7, 11) is 0. The third-order valence-corrected chi connectivity index (χ3v) is 4.74. The molecule has 130 valence electrons. The molecule has 1 aromatic heterocycles. The third kappa shape index (κ3) is 3.84. The fourth-order valence-corrected chi connectivity index (χ4v) is 3.67. The van der Waals surface area contributed by atoms with Gasteiger partial charge in [-0.1, -0.05) is 38.1 Å². The molecular formula is C19H28N4O. The quantitative estimate of drug-likeness (QED) is 0.849. The van der Waals surface area contributed by atoms with Crippen molar-refractivity contribution in [1.82, 2.24) is 19.7 Å². The lowest BCUT2D eigenvalue weighted by Crippen LogP contribution is -2.34. The normalized spacial score (nSPS) is 17.5. The van der Waals surface area contributed by atoms with Gasteiger partial charge in [0.25, 0.3) is 0 Å². The molecule has 3 rings (SSSR count). The summed E-state index contributed by atoms with van der Waals surface area (Å²) in [4.78, 5) is 6.83. The summed E-state index contributed by atoms with van der Waals surface area (Å²) in [6.07, 6.45) is 5.13. The Morgan fingerprint density at radius 2 is 2.17 bits per heavy atom. The molecule has 0 bridgehead atoms. The zero-order valence-corrected chi connectivity index (χ0v) is 14.7. The van der Waals surface area contributed by atoms with E-state index in [4.69, 9.17) is 0 Å². The Labute approximate surface area is 144 Å². The smallest absolute Gasteiger partial charge is 0.141 e. The van der Waals surface area contributed by atoms with Gasteiger partial charge in [0.15, 0.2) is 0 Å². The molecule has 0 amide bonds. The van der Waals surface area contributed by atoms with Crippen LogP contribution in [0.1, 0.15) is 49.7 Å². The van der Waals surface area contributed by atoms with Crippen molar-refractivity contribution in [3.63, 3.8) is 0 Å². The highest BCUT2D eigenvalue weighted by Crippen LogP contribution is 2.34. The van der Waals surface area contributed by atoms with Crippen LogP contribution in [0.25, 0.3) is 0 Å². The van der Waals surface area contributed by atoms with Crippen LogP contribution in [-0.4, -0.2) is 37.9 Å². The van der Waals surface area contributed by atoms with Crippen LogP contribution in [0.3, 0.4) is 0 Å². The summed E-state index contributed by atoms with van der Waals surface area (Å²) in [6.45, 7) is 6.81. The lowest BCUT2D eigenvalue weighted by Gasteiger charge is -2.35. The third-order valence-electron chi connectivity index (χ3n) is 4.74. The maximum atomic E-state index is 9.57. The Hall–Kier alpha value is -1.72. The fourth-order valence-electron chi connectivity index (χ4n) is 3.67. The molecule has 0 radical (unpaired) electrons. The van der Waals surface area contributed by atoms with E-state index in [1.165, 1.54) is 17.5 Å². The number of hydrogen-bond acceptors (Lipinski definition) is 4. The fraction of sp³-hybridized carbons (Fsp3) is 0.579. The first-order valence-corrected chi connectivity index (χ1v) is 8.98. The van der Waals surface area contributed by atoms with Crippen molar-refractivity contribution >= 4 is 0 Å². The summed E-state index contributed by atoms with van der Waals surface area (Å²) in [5, 5.41) is 13.9. The minimum atomic E-state index is 0.164. The number of benzene rings is 1. The summed E-state index contributed by atoms with van der Waals surface area (Å²) in [5.41, 5.74) is 2.85. The number of aryl methyl sites for hydroxylation is 1. The lowest BCUT2D eigenvalue weighted by molar-refractivity contribution is 0.126. The lowest BCUT2D eigenvalue weighted by atomic mass is 9.87. The molecule has 1 aliphatic rings. The van der Waals surface area contributed by atoms with Crippen molar-refractivity contribution in [3.05, 3.63) is 47.5 Å². The van der Waals surface area contributed by atoms with Crippen LogP contribution in [0.2, 0.25) is 0 Å². The molecular weight excluding hydrogens is 300 g/mol. The number of nitrogens with zero attached hydrogens (tertiary/aromatic N) is 4. The Bertz CT molecular complexity index is 652. The molecule has 1 atom stereocenters. The predicted octanol–water partition coefficient (Wildman–Crippen LogP) is 2.81. The van der Waals surface area contributed by atoms with E-state index < -0.39 is 0 Å². The van der Waals surface area contributed by atoms with Crippen LogP contribution in [0.15, 0.2) is 30.6 Å². The standard InChI is InChI=1S/C19H28N4O/c1-15(2)12-23-19(20-14-21-23)13-22(10-11-24)18-9-5-7-16-6-3-4-8-17(16)18/h3-4,6,8,14-15,18,24H,5,7,9-13H2,1-2H3. The number of aliphatic hydroxyl groups excluding tert-OH is 1. The van der Waals surface area contributed by atoms with Crippen LogP contribution >= 0.6 is 0 Å². The predicted molar refractivity (Wildman–Crippen MR) is 94.5 cm³/mol. The van der Waals surface area contributed by atoms with Crippen LogP contribution in [0, 0.1) is 5.92 Å². The Balaban J connectivity index is 1.82. The zero-order valence-electron chi connectivity index (χ0n) is 14.7. The molecule has 5 nitrogen and oxygen atoms in total. The highest BCUT2D eigenvalue weighted by Gasteiger charge is 2.26. The minimum Gasteiger partial charge on any atom is -0.395 e. The van der Waals surface area contributed by atoms with Crippen molar-refractivity contribution < 1.29 is 5.11 Å². The first kappa shape index (κ1) is 17.1. The zero-order chi connectivity index (χ0) is 16.9. The van der Waals surface area contributed by atoms with Crippen molar-refractivity contribution in [2.45, 2.75) is 52.2 Å². The van der Waals surface area contributed by atoms with Gasteiger partial charge in [0.1, 0.15) is 12.2 Å². The molecule has 5 heteroatoms. The summed E-state index contributed by atoms with van der Waals surface area (Å²) < 4.78 is 2.00. The molecule has 2 aromatic rings. The van der Waals surface area contributed by atoms with Crippen molar-refractivity contribution in [2.24, 2.45) is 5.92 Å². The molecule has 1 aliphatic carbocycles. The molecule has 1 N–H and O–H groups in total. The summed E-state index contributed by atoms with van der Waals surface area (Å²) in [5.74, 6) is 1.52. The largest absolute Gasteiger partial charge is 0.395 e. The second kappa shape index (κ2) is 7.90. The minimum absolute atomic E-state index is 0.164. The number of rotatable bonds is 7. The monoisotopic (exact) mass is 328 g/mol. The van der Waals surface area contributed by atoms with Crippen molar-refractivity contribution in [2.75, 3.05) is 13.2 Å². The van der Waals surface area contributed by atoms with Gasteiger partial charge in [-0.15, -0.1) is 0 Å². The summed E-state index contributed by atoms with van der Waals surface area (Å²) in [6, 6.07) is 9.07. The van der Waals surface area contributed by atoms with Gasteiger partial charge >= 0.3 is 0 Å². The highest BCUT2D eigenvalue weighted by molar-refractivity contribution is 5.32. The van der Waals surface area contributed by atoms with Gasteiger partial charge in [0.05, 0.1) is 13.2 Å². The SMILES string of the molecule is CC(C)Cn1ncnc1CN(CCO)C1CCCc2ccccc21. The van der Waals surface area contributed by atoms with E-state index in [0.717, 1.165) is 31.8 Å². The Morgan fingerprint density at radius 1 is 1.33 bits per heavy atom. The van der Waals surface area contributed by atoms with E-state index in [0.29, 0.717) is 18.5 Å². The van der Waals surface area contributed by atoms with Gasteiger partial charge in [-0.3, -0.25) is 4.90 Å². The van der Waals surface area contributed by atoms with Crippen LogP contribution in [-0.2, 0) is 19.5 Å². The van der Waals surface area contributed by atoms with E-state index in [1.807, 2.05) is 4.68 Å². The number of fused-ring (bicyclic) bond motifs is 1. The maximum absolute atomic E-state index is 9.57. The van der Waals surface area contributed by atoms with E-state index in [1.54, 1.807) is 6.33 Å². The van der Waals surface area contributed by atoms with Gasteiger partial charge in [0, 0.05) is 19.1 Å². The molecule has 1 heterocycles.